The summed E-state index contributed by atoms with van der Waals surface area (Å²) in [4.78, 5) is 2.77. The summed E-state index contributed by atoms with van der Waals surface area (Å²) in [7, 11) is 0. The van der Waals surface area contributed by atoms with Crippen LogP contribution in [0.3, 0.4) is 0 Å². The van der Waals surface area contributed by atoms with E-state index in [0.717, 1.165) is 25.9 Å². The highest BCUT2D eigenvalue weighted by molar-refractivity contribution is 7.12. The summed E-state index contributed by atoms with van der Waals surface area (Å²) in [6.07, 6.45) is 6.84. The van der Waals surface area contributed by atoms with Crippen LogP contribution in [-0.4, -0.2) is 17.3 Å². The van der Waals surface area contributed by atoms with Gasteiger partial charge in [0.1, 0.15) is 0 Å². The lowest BCUT2D eigenvalue weighted by Gasteiger charge is -2.27. The molecule has 2 N–H and O–H groups in total. The fourth-order valence-electron chi connectivity index (χ4n) is 2.85. The topological polar surface area (TPSA) is 32.3 Å². The fraction of sp³-hybridized carbons (Fsp3) is 0.733. The van der Waals surface area contributed by atoms with Gasteiger partial charge in [-0.15, -0.1) is 11.3 Å². The minimum absolute atomic E-state index is 0.463. The zero-order valence-corrected chi connectivity index (χ0v) is 12.4. The smallest absolute Gasteiger partial charge is 0.0771 e. The summed E-state index contributed by atoms with van der Waals surface area (Å²) in [6.45, 7) is 5.95. The predicted octanol–water partition coefficient (Wildman–Crippen LogP) is 3.54. The number of aliphatic hydroxyl groups is 1. The van der Waals surface area contributed by atoms with Gasteiger partial charge in [0.2, 0.25) is 0 Å². The van der Waals surface area contributed by atoms with E-state index in [1.54, 1.807) is 0 Å². The molecular weight excluding hydrogens is 242 g/mol. The maximum absolute atomic E-state index is 10.5. The fourth-order valence-corrected chi connectivity index (χ4v) is 3.80. The van der Waals surface area contributed by atoms with Crippen molar-refractivity contribution in [3.8, 4) is 0 Å². The van der Waals surface area contributed by atoms with Gasteiger partial charge < -0.3 is 10.4 Å². The molecular formula is C15H25NOS. The number of rotatable bonds is 4. The van der Waals surface area contributed by atoms with E-state index in [4.69, 9.17) is 0 Å². The van der Waals surface area contributed by atoms with Crippen LogP contribution < -0.4 is 5.32 Å². The van der Waals surface area contributed by atoms with Crippen molar-refractivity contribution in [3.63, 3.8) is 0 Å². The minimum Gasteiger partial charge on any atom is -0.389 e. The van der Waals surface area contributed by atoms with Gasteiger partial charge >= 0.3 is 0 Å². The van der Waals surface area contributed by atoms with E-state index in [1.807, 2.05) is 11.3 Å². The quantitative estimate of drug-likeness (QED) is 0.818. The lowest BCUT2D eigenvalue weighted by atomic mass is 9.94. The number of nitrogens with one attached hydrogen (secondary N) is 1. The molecule has 0 bridgehead atoms. The van der Waals surface area contributed by atoms with E-state index in [1.165, 1.54) is 41.0 Å². The molecule has 102 valence electrons. The van der Waals surface area contributed by atoms with E-state index in [-0.39, 0.29) is 0 Å². The molecule has 1 aromatic heterocycles. The Morgan fingerprint density at radius 1 is 1.22 bits per heavy atom. The molecule has 2 nitrogen and oxygen atoms in total. The van der Waals surface area contributed by atoms with Crippen LogP contribution in [0.1, 0.15) is 53.8 Å². The summed E-state index contributed by atoms with van der Waals surface area (Å²) in [5.41, 5.74) is 0.921. The van der Waals surface area contributed by atoms with Crippen LogP contribution in [0.2, 0.25) is 0 Å². The first-order valence-electron chi connectivity index (χ1n) is 7.08. The van der Waals surface area contributed by atoms with Gasteiger partial charge in [-0.2, -0.15) is 0 Å². The van der Waals surface area contributed by atoms with E-state index in [9.17, 15) is 5.11 Å². The number of hydrogen-bond acceptors (Lipinski definition) is 3. The summed E-state index contributed by atoms with van der Waals surface area (Å²) in [5, 5.41) is 14.0. The van der Waals surface area contributed by atoms with Crippen LogP contribution >= 0.6 is 11.3 Å². The Hall–Kier alpha value is -0.380. The van der Waals surface area contributed by atoms with Crippen molar-refractivity contribution in [2.24, 2.45) is 0 Å². The van der Waals surface area contributed by atoms with Gasteiger partial charge in [0.05, 0.1) is 5.60 Å². The summed E-state index contributed by atoms with van der Waals surface area (Å²) in [6, 6.07) is 2.25. The first-order valence-corrected chi connectivity index (χ1v) is 7.90. The molecule has 0 saturated heterocycles. The Kier molecular flexibility index (Phi) is 4.82. The Balaban J connectivity index is 1.82. The highest BCUT2D eigenvalue weighted by atomic mass is 32.1. The molecule has 0 amide bonds. The Bertz CT molecular complexity index is 378. The first-order chi connectivity index (χ1) is 8.59. The largest absolute Gasteiger partial charge is 0.389 e. The molecule has 1 aliphatic carbocycles. The van der Waals surface area contributed by atoms with E-state index in [2.05, 4.69) is 25.2 Å². The van der Waals surface area contributed by atoms with Gasteiger partial charge in [0, 0.05) is 22.8 Å². The zero-order valence-electron chi connectivity index (χ0n) is 11.6. The van der Waals surface area contributed by atoms with Crippen LogP contribution in [0, 0.1) is 13.8 Å². The van der Waals surface area contributed by atoms with Gasteiger partial charge in [-0.25, -0.2) is 0 Å². The standard InChI is InChI=1S/C15H25NOS/c1-12-9-14(13(2)18-12)10-16-11-15(17)7-5-3-4-6-8-15/h9,16-17H,3-8,10-11H2,1-2H3. The lowest BCUT2D eigenvalue weighted by molar-refractivity contribution is 0.0250. The second kappa shape index (κ2) is 6.18. The first kappa shape index (κ1) is 14.0. The molecule has 0 spiro atoms. The molecule has 1 saturated carbocycles. The van der Waals surface area contributed by atoms with Crippen molar-refractivity contribution in [2.75, 3.05) is 6.54 Å². The number of aryl methyl sites for hydroxylation is 2. The monoisotopic (exact) mass is 267 g/mol. The number of thiophene rings is 1. The second-order valence-corrected chi connectivity index (χ2v) is 7.14. The second-order valence-electron chi connectivity index (χ2n) is 5.68. The third kappa shape index (κ3) is 3.81. The van der Waals surface area contributed by atoms with Crippen molar-refractivity contribution in [3.05, 3.63) is 21.4 Å². The van der Waals surface area contributed by atoms with Gasteiger partial charge in [0.25, 0.3) is 0 Å². The van der Waals surface area contributed by atoms with Gasteiger partial charge in [-0.1, -0.05) is 25.7 Å². The predicted molar refractivity (Wildman–Crippen MR) is 78.2 cm³/mol. The number of hydrogen-bond donors (Lipinski definition) is 2. The summed E-state index contributed by atoms with van der Waals surface area (Å²) < 4.78 is 0. The van der Waals surface area contributed by atoms with E-state index in [0.29, 0.717) is 0 Å². The maximum atomic E-state index is 10.5. The van der Waals surface area contributed by atoms with Crippen molar-refractivity contribution < 1.29 is 5.11 Å². The van der Waals surface area contributed by atoms with Crippen molar-refractivity contribution in [2.45, 2.75) is 64.5 Å². The molecule has 0 atom stereocenters. The van der Waals surface area contributed by atoms with Gasteiger partial charge in [-0.3, -0.25) is 0 Å². The molecule has 1 aliphatic rings. The van der Waals surface area contributed by atoms with Crippen LogP contribution in [0.4, 0.5) is 0 Å². The van der Waals surface area contributed by atoms with Crippen LogP contribution in [0.15, 0.2) is 6.07 Å². The Labute approximate surface area is 114 Å². The van der Waals surface area contributed by atoms with Crippen LogP contribution in [0.25, 0.3) is 0 Å². The van der Waals surface area contributed by atoms with Crippen molar-refractivity contribution >= 4 is 11.3 Å². The molecule has 1 aromatic rings. The molecule has 0 aliphatic heterocycles. The third-order valence-electron chi connectivity index (χ3n) is 3.95. The van der Waals surface area contributed by atoms with Crippen LogP contribution in [0.5, 0.6) is 0 Å². The molecule has 0 aromatic carbocycles. The van der Waals surface area contributed by atoms with E-state index < -0.39 is 5.60 Å². The normalized spacial score (nSPS) is 19.7. The van der Waals surface area contributed by atoms with Crippen molar-refractivity contribution in [1.82, 2.24) is 5.32 Å². The third-order valence-corrected chi connectivity index (χ3v) is 4.96. The van der Waals surface area contributed by atoms with Crippen molar-refractivity contribution in [1.29, 1.82) is 0 Å². The molecule has 18 heavy (non-hydrogen) atoms. The lowest BCUT2D eigenvalue weighted by Crippen LogP contribution is -2.39. The van der Waals surface area contributed by atoms with E-state index >= 15 is 0 Å². The molecule has 1 fully saturated rings. The minimum atomic E-state index is -0.463. The molecule has 2 rings (SSSR count). The Morgan fingerprint density at radius 3 is 2.44 bits per heavy atom. The highest BCUT2D eigenvalue weighted by Gasteiger charge is 2.27. The molecule has 0 radical (unpaired) electrons. The average molecular weight is 267 g/mol. The molecule has 3 heteroatoms. The highest BCUT2D eigenvalue weighted by Crippen LogP contribution is 2.26. The maximum Gasteiger partial charge on any atom is 0.0771 e. The average Bonchev–Trinajstić information content (AvgIpc) is 2.51. The summed E-state index contributed by atoms with van der Waals surface area (Å²) >= 11 is 1.86. The van der Waals surface area contributed by atoms with Crippen LogP contribution in [-0.2, 0) is 6.54 Å². The molecule has 1 heterocycles. The molecule has 0 unspecified atom stereocenters. The summed E-state index contributed by atoms with van der Waals surface area (Å²) in [5.74, 6) is 0. The Morgan fingerprint density at radius 2 is 1.89 bits per heavy atom. The van der Waals surface area contributed by atoms with Gasteiger partial charge in [0.15, 0.2) is 0 Å². The van der Waals surface area contributed by atoms with Gasteiger partial charge in [-0.05, 0) is 38.3 Å². The zero-order chi connectivity index (χ0) is 13.0. The SMILES string of the molecule is Cc1cc(CNCC2(O)CCCCCC2)c(C)s1.